The topological polar surface area (TPSA) is 35.5 Å². The van der Waals surface area contributed by atoms with Crippen LogP contribution in [0.25, 0.3) is 0 Å². The maximum absolute atomic E-state index is 12.5. The summed E-state index contributed by atoms with van der Waals surface area (Å²) in [5, 5.41) is 0. The van der Waals surface area contributed by atoms with Crippen LogP contribution in [0.2, 0.25) is 0 Å². The number of carbonyl (C=O) groups is 1. The lowest BCUT2D eigenvalue weighted by atomic mass is 9.94. The highest BCUT2D eigenvalue weighted by Crippen LogP contribution is 2.69. The normalized spacial score (nSPS) is 31.2. The fourth-order valence-electron chi connectivity index (χ4n) is 2.42. The van der Waals surface area contributed by atoms with Gasteiger partial charge in [-0.3, -0.25) is 4.79 Å². The quantitative estimate of drug-likeness (QED) is 0.617. The summed E-state index contributed by atoms with van der Waals surface area (Å²) in [4.78, 5) is 12.5. The largest absolute Gasteiger partial charge is 0.454 e. The first-order chi connectivity index (χ1) is 8.39. The second kappa shape index (κ2) is 3.55. The van der Waals surface area contributed by atoms with Crippen molar-refractivity contribution in [1.82, 2.24) is 0 Å². The molecule has 3 rings (SSSR count). The molecule has 96 valence electrons. The van der Waals surface area contributed by atoms with E-state index in [-0.39, 0.29) is 18.5 Å². The van der Waals surface area contributed by atoms with Gasteiger partial charge in [0.15, 0.2) is 17.3 Å². The molecule has 1 fully saturated rings. The van der Waals surface area contributed by atoms with Crippen molar-refractivity contribution < 1.29 is 14.3 Å². The first-order valence-electron chi connectivity index (χ1n) is 5.71. The Morgan fingerprint density at radius 2 is 1.94 bits per heavy atom. The van der Waals surface area contributed by atoms with E-state index in [0.717, 1.165) is 0 Å². The summed E-state index contributed by atoms with van der Waals surface area (Å²) >= 11 is 12.3. The Morgan fingerprint density at radius 3 is 2.56 bits per heavy atom. The van der Waals surface area contributed by atoms with Crippen LogP contribution in [-0.4, -0.2) is 16.9 Å². The lowest BCUT2D eigenvalue weighted by molar-refractivity contribution is 0.0901. The lowest BCUT2D eigenvalue weighted by Gasteiger charge is -2.11. The zero-order valence-corrected chi connectivity index (χ0v) is 11.5. The molecular formula is C13H12Cl2O3. The smallest absolute Gasteiger partial charge is 0.231 e. The number of fused-ring (bicyclic) bond motifs is 1. The third-order valence-corrected chi connectivity index (χ3v) is 5.57. The van der Waals surface area contributed by atoms with E-state index in [1.807, 2.05) is 6.92 Å². The molecule has 1 aliphatic heterocycles. The highest BCUT2D eigenvalue weighted by molar-refractivity contribution is 6.54. The van der Waals surface area contributed by atoms with Crippen LogP contribution in [0.5, 0.6) is 11.5 Å². The maximum Gasteiger partial charge on any atom is 0.231 e. The van der Waals surface area contributed by atoms with Crippen LogP contribution in [0.3, 0.4) is 0 Å². The summed E-state index contributed by atoms with van der Waals surface area (Å²) < 4.78 is 9.49. The third kappa shape index (κ3) is 1.35. The maximum atomic E-state index is 12.5. The molecule has 0 bridgehead atoms. The van der Waals surface area contributed by atoms with Crippen LogP contribution >= 0.6 is 23.2 Å². The molecule has 0 N–H and O–H groups in total. The van der Waals surface area contributed by atoms with Crippen LogP contribution in [0.15, 0.2) is 18.2 Å². The summed E-state index contributed by atoms with van der Waals surface area (Å²) in [7, 11) is 0. The van der Waals surface area contributed by atoms with Gasteiger partial charge in [-0.2, -0.15) is 0 Å². The van der Waals surface area contributed by atoms with Crippen molar-refractivity contribution in [3.05, 3.63) is 23.8 Å². The molecule has 0 saturated heterocycles. The first kappa shape index (κ1) is 12.1. The molecule has 0 radical (unpaired) electrons. The Hall–Kier alpha value is -0.930. The van der Waals surface area contributed by atoms with Crippen molar-refractivity contribution in [3.63, 3.8) is 0 Å². The highest BCUT2D eigenvalue weighted by atomic mass is 35.5. The third-order valence-electron chi connectivity index (χ3n) is 4.13. The van der Waals surface area contributed by atoms with Gasteiger partial charge in [0.1, 0.15) is 4.33 Å². The van der Waals surface area contributed by atoms with E-state index < -0.39 is 9.75 Å². The van der Waals surface area contributed by atoms with E-state index in [0.29, 0.717) is 17.1 Å². The molecule has 0 spiro atoms. The van der Waals surface area contributed by atoms with E-state index in [9.17, 15) is 4.79 Å². The highest BCUT2D eigenvalue weighted by Gasteiger charge is 2.74. The minimum Gasteiger partial charge on any atom is -0.454 e. The second-order valence-electron chi connectivity index (χ2n) is 4.94. The van der Waals surface area contributed by atoms with E-state index in [4.69, 9.17) is 32.7 Å². The van der Waals surface area contributed by atoms with Crippen LogP contribution in [-0.2, 0) is 0 Å². The van der Waals surface area contributed by atoms with Crippen molar-refractivity contribution in [1.29, 1.82) is 0 Å². The minimum absolute atomic E-state index is 0.0571. The van der Waals surface area contributed by atoms with Crippen molar-refractivity contribution in [3.8, 4) is 11.5 Å². The average Bonchev–Trinajstić information content (AvgIpc) is 2.77. The SMILES string of the molecule is C[C@@H]1C(Cl)(Cl)[C@]1(C)C(=O)c1ccc2c(c1)OCO2. The molecule has 1 aliphatic carbocycles. The summed E-state index contributed by atoms with van der Waals surface area (Å²) in [6, 6.07) is 5.14. The number of alkyl halides is 2. The van der Waals surface area contributed by atoms with Crippen molar-refractivity contribution >= 4 is 29.0 Å². The summed E-state index contributed by atoms with van der Waals surface area (Å²) in [5.41, 5.74) is -0.180. The molecule has 1 heterocycles. The van der Waals surface area contributed by atoms with E-state index in [1.54, 1.807) is 25.1 Å². The van der Waals surface area contributed by atoms with Gasteiger partial charge in [-0.05, 0) is 25.1 Å². The van der Waals surface area contributed by atoms with E-state index in [1.165, 1.54) is 0 Å². The number of ether oxygens (including phenoxy) is 2. The standard InChI is InChI=1S/C13H12Cl2O3/c1-7-12(2,13(7,14)15)11(16)8-3-4-9-10(5-8)18-6-17-9/h3-5,7H,6H2,1-2H3/t7-,12-/m0/s1. The van der Waals surface area contributed by atoms with Gasteiger partial charge in [-0.25, -0.2) is 0 Å². The number of benzene rings is 1. The van der Waals surface area contributed by atoms with Crippen molar-refractivity contribution in [2.75, 3.05) is 6.79 Å². The lowest BCUT2D eigenvalue weighted by Crippen LogP contribution is -2.18. The Kier molecular flexibility index (Phi) is 2.39. The zero-order valence-electron chi connectivity index (χ0n) is 10.00. The van der Waals surface area contributed by atoms with E-state index >= 15 is 0 Å². The van der Waals surface area contributed by atoms with Crippen molar-refractivity contribution in [2.24, 2.45) is 11.3 Å². The number of carbonyl (C=O) groups excluding carboxylic acids is 1. The van der Waals surface area contributed by atoms with Crippen LogP contribution in [0, 0.1) is 11.3 Å². The number of hydrogen-bond acceptors (Lipinski definition) is 3. The van der Waals surface area contributed by atoms with Crippen LogP contribution < -0.4 is 9.47 Å². The fourth-order valence-corrected chi connectivity index (χ4v) is 3.25. The average molecular weight is 287 g/mol. The molecule has 2 atom stereocenters. The van der Waals surface area contributed by atoms with Crippen LogP contribution in [0.4, 0.5) is 0 Å². The van der Waals surface area contributed by atoms with Gasteiger partial charge >= 0.3 is 0 Å². The molecule has 0 unspecified atom stereocenters. The molecule has 1 saturated carbocycles. The second-order valence-corrected chi connectivity index (χ2v) is 6.33. The van der Waals surface area contributed by atoms with Gasteiger partial charge in [-0.15, -0.1) is 23.2 Å². The molecule has 3 nitrogen and oxygen atoms in total. The van der Waals surface area contributed by atoms with Gasteiger partial charge in [-0.1, -0.05) is 6.92 Å². The van der Waals surface area contributed by atoms with E-state index in [2.05, 4.69) is 0 Å². The monoisotopic (exact) mass is 286 g/mol. The molecule has 0 aromatic heterocycles. The summed E-state index contributed by atoms with van der Waals surface area (Å²) in [6.07, 6.45) is 0. The number of Topliss-reactive ketones (excluding diaryl/α,β-unsaturated/α-hetero) is 1. The molecule has 18 heavy (non-hydrogen) atoms. The summed E-state index contributed by atoms with van der Waals surface area (Å²) in [5.74, 6) is 1.13. The molecule has 1 aromatic carbocycles. The fraction of sp³-hybridized carbons (Fsp3) is 0.462. The molecule has 0 amide bonds. The van der Waals surface area contributed by atoms with Gasteiger partial charge in [0.2, 0.25) is 6.79 Å². The van der Waals surface area contributed by atoms with Gasteiger partial charge < -0.3 is 9.47 Å². The molecule has 2 aliphatic rings. The zero-order chi connectivity index (χ0) is 13.1. The Balaban J connectivity index is 1.95. The predicted octanol–water partition coefficient (Wildman–Crippen LogP) is 3.43. The molecule has 5 heteroatoms. The first-order valence-corrected chi connectivity index (χ1v) is 6.47. The summed E-state index contributed by atoms with van der Waals surface area (Å²) in [6.45, 7) is 3.87. The van der Waals surface area contributed by atoms with Crippen LogP contribution in [0.1, 0.15) is 24.2 Å². The number of hydrogen-bond donors (Lipinski definition) is 0. The van der Waals surface area contributed by atoms with Gasteiger partial charge in [0, 0.05) is 11.5 Å². The molecular weight excluding hydrogens is 275 g/mol. The number of ketones is 1. The van der Waals surface area contributed by atoms with Gasteiger partial charge in [0.25, 0.3) is 0 Å². The molecule has 1 aromatic rings. The predicted molar refractivity (Wildman–Crippen MR) is 68.6 cm³/mol. The minimum atomic E-state index is -0.986. The van der Waals surface area contributed by atoms with Crippen molar-refractivity contribution in [2.45, 2.75) is 18.2 Å². The number of halogens is 2. The Bertz CT molecular complexity index is 541. The Labute approximate surface area is 115 Å². The Morgan fingerprint density at radius 1 is 1.33 bits per heavy atom. The number of rotatable bonds is 2. The van der Waals surface area contributed by atoms with Gasteiger partial charge in [0.05, 0.1) is 5.41 Å².